The third-order valence-electron chi connectivity index (χ3n) is 4.47. The monoisotopic (exact) mass is 402 g/mol. The van der Waals surface area contributed by atoms with Crippen LogP contribution in [0.2, 0.25) is 0 Å². The highest BCUT2D eigenvalue weighted by Gasteiger charge is 2.30. The number of oxime groups is 1. The van der Waals surface area contributed by atoms with Crippen molar-refractivity contribution in [2.24, 2.45) is 17.6 Å². The second-order valence-electron chi connectivity index (χ2n) is 7.81. The Hall–Kier alpha value is -3.09. The molecular formula is C22H21F3N2O2. The van der Waals surface area contributed by atoms with Crippen molar-refractivity contribution in [1.29, 1.82) is 0 Å². The van der Waals surface area contributed by atoms with Crippen LogP contribution in [-0.2, 0) is 22.9 Å². The van der Waals surface area contributed by atoms with Gasteiger partial charge in [0.2, 0.25) is 0 Å². The first-order valence-electron chi connectivity index (χ1n) is 9.00. The van der Waals surface area contributed by atoms with Crippen molar-refractivity contribution >= 4 is 22.6 Å². The molecule has 0 saturated carbocycles. The fourth-order valence-corrected chi connectivity index (χ4v) is 2.83. The maximum absolute atomic E-state index is 12.9. The van der Waals surface area contributed by atoms with E-state index in [1.54, 1.807) is 20.8 Å². The number of halogens is 3. The molecule has 2 aromatic carbocycles. The molecule has 0 aliphatic heterocycles. The molecule has 0 saturated heterocycles. The van der Waals surface area contributed by atoms with Gasteiger partial charge in [0.05, 0.1) is 11.0 Å². The standard InChI is InChI=1S/C22H21F3N2O2/c1-21(2,3)20(28)29-26-19(14-9-11-15(12-10-14)22(23,24)25)17-13-27(4)18-8-6-5-7-16(17)18/h5-13H,1-4H3. The molecule has 0 unspecified atom stereocenters. The molecule has 0 amide bonds. The Morgan fingerprint density at radius 2 is 1.62 bits per heavy atom. The number of hydrogen-bond acceptors (Lipinski definition) is 3. The van der Waals surface area contributed by atoms with Gasteiger partial charge in [0.1, 0.15) is 5.71 Å². The van der Waals surface area contributed by atoms with Gasteiger partial charge in [-0.05, 0) is 39.0 Å². The summed E-state index contributed by atoms with van der Waals surface area (Å²) in [6, 6.07) is 12.2. The minimum absolute atomic E-state index is 0.285. The average molecular weight is 402 g/mol. The fourth-order valence-electron chi connectivity index (χ4n) is 2.83. The van der Waals surface area contributed by atoms with E-state index in [9.17, 15) is 18.0 Å². The van der Waals surface area contributed by atoms with Crippen LogP contribution in [0.25, 0.3) is 10.9 Å². The fraction of sp³-hybridized carbons (Fsp3) is 0.273. The Kier molecular flexibility index (Phi) is 5.26. The van der Waals surface area contributed by atoms with Gasteiger partial charge in [0, 0.05) is 35.3 Å². The Morgan fingerprint density at radius 1 is 1.00 bits per heavy atom. The lowest BCUT2D eigenvalue weighted by Gasteiger charge is -2.14. The van der Waals surface area contributed by atoms with Crippen molar-refractivity contribution in [3.63, 3.8) is 0 Å². The molecule has 0 N–H and O–H groups in total. The second-order valence-corrected chi connectivity index (χ2v) is 7.81. The summed E-state index contributed by atoms with van der Waals surface area (Å²) in [6.07, 6.45) is -2.62. The van der Waals surface area contributed by atoms with Gasteiger partial charge in [-0.2, -0.15) is 13.2 Å². The molecule has 0 atom stereocenters. The number of rotatable bonds is 3. The molecule has 3 aromatic rings. The van der Waals surface area contributed by atoms with Gasteiger partial charge in [-0.3, -0.25) is 0 Å². The molecule has 4 nitrogen and oxygen atoms in total. The number of fused-ring (bicyclic) bond motifs is 1. The molecule has 0 radical (unpaired) electrons. The lowest BCUT2D eigenvalue weighted by atomic mass is 9.98. The molecule has 3 rings (SSSR count). The van der Waals surface area contributed by atoms with Crippen molar-refractivity contribution in [2.45, 2.75) is 26.9 Å². The third kappa shape index (κ3) is 4.34. The van der Waals surface area contributed by atoms with Gasteiger partial charge >= 0.3 is 12.1 Å². The highest BCUT2D eigenvalue weighted by Crippen LogP contribution is 2.30. The zero-order valence-electron chi connectivity index (χ0n) is 16.5. The zero-order chi connectivity index (χ0) is 21.4. The highest BCUT2D eigenvalue weighted by molar-refractivity contribution is 6.19. The molecular weight excluding hydrogens is 381 g/mol. The SMILES string of the molecule is Cn1cc(C(=NOC(=O)C(C)(C)C)c2ccc(C(F)(F)F)cc2)c2ccccc21. The van der Waals surface area contributed by atoms with Crippen molar-refractivity contribution in [3.05, 3.63) is 71.4 Å². The van der Waals surface area contributed by atoms with Crippen molar-refractivity contribution in [2.75, 3.05) is 0 Å². The van der Waals surface area contributed by atoms with E-state index in [-0.39, 0.29) is 5.71 Å². The minimum atomic E-state index is -4.44. The number of aryl methyl sites for hydroxylation is 1. The number of hydrogen-bond donors (Lipinski definition) is 0. The van der Waals surface area contributed by atoms with Gasteiger partial charge in [-0.15, -0.1) is 0 Å². The third-order valence-corrected chi connectivity index (χ3v) is 4.47. The number of carbonyl (C=O) groups excluding carboxylic acids is 1. The zero-order valence-corrected chi connectivity index (χ0v) is 16.5. The summed E-state index contributed by atoms with van der Waals surface area (Å²) >= 11 is 0. The predicted octanol–water partition coefficient (Wildman–Crippen LogP) is 5.54. The average Bonchev–Trinajstić information content (AvgIpc) is 2.98. The molecule has 0 spiro atoms. The summed E-state index contributed by atoms with van der Waals surface area (Å²) in [5.74, 6) is -0.540. The molecule has 0 aliphatic rings. The lowest BCUT2D eigenvalue weighted by Crippen LogP contribution is -2.22. The van der Waals surface area contributed by atoms with Gasteiger partial charge in [-0.25, -0.2) is 4.79 Å². The van der Waals surface area contributed by atoms with Crippen LogP contribution in [0, 0.1) is 5.41 Å². The quantitative estimate of drug-likeness (QED) is 0.328. The first-order chi connectivity index (χ1) is 13.5. The maximum atomic E-state index is 12.9. The van der Waals surface area contributed by atoms with Crippen LogP contribution >= 0.6 is 0 Å². The van der Waals surface area contributed by atoms with Gasteiger partial charge in [0.15, 0.2) is 0 Å². The van der Waals surface area contributed by atoms with E-state index in [2.05, 4.69) is 5.16 Å². The van der Waals surface area contributed by atoms with E-state index in [1.807, 2.05) is 42.1 Å². The molecule has 7 heteroatoms. The summed E-state index contributed by atoms with van der Waals surface area (Å²) < 4.78 is 40.7. The number of para-hydroxylation sites is 1. The van der Waals surface area contributed by atoms with E-state index in [0.29, 0.717) is 11.1 Å². The number of alkyl halides is 3. The number of nitrogens with zero attached hydrogens (tertiary/aromatic N) is 2. The Balaban J connectivity index is 2.13. The van der Waals surface area contributed by atoms with E-state index in [4.69, 9.17) is 4.84 Å². The van der Waals surface area contributed by atoms with Crippen LogP contribution in [0.3, 0.4) is 0 Å². The van der Waals surface area contributed by atoms with Crippen LogP contribution in [0.4, 0.5) is 13.2 Å². The first kappa shape index (κ1) is 20.6. The summed E-state index contributed by atoms with van der Waals surface area (Å²) in [6.45, 7) is 5.09. The number of carbonyl (C=O) groups is 1. The number of benzene rings is 2. The van der Waals surface area contributed by atoms with Crippen LogP contribution in [0.15, 0.2) is 59.9 Å². The molecule has 1 heterocycles. The smallest absolute Gasteiger partial charge is 0.350 e. The molecule has 29 heavy (non-hydrogen) atoms. The topological polar surface area (TPSA) is 43.6 Å². The second kappa shape index (κ2) is 7.39. The van der Waals surface area contributed by atoms with Crippen LogP contribution in [-0.4, -0.2) is 16.2 Å². The predicted molar refractivity (Wildman–Crippen MR) is 106 cm³/mol. The highest BCUT2D eigenvalue weighted by atomic mass is 19.4. The largest absolute Gasteiger partial charge is 0.416 e. The summed E-state index contributed by atoms with van der Waals surface area (Å²) in [7, 11) is 1.86. The van der Waals surface area contributed by atoms with Gasteiger partial charge in [0.25, 0.3) is 0 Å². The van der Waals surface area contributed by atoms with Gasteiger partial charge in [-0.1, -0.05) is 35.5 Å². The normalized spacial score (nSPS) is 13.0. The molecule has 0 fully saturated rings. The van der Waals surface area contributed by atoms with Crippen LogP contribution in [0.1, 0.15) is 37.5 Å². The first-order valence-corrected chi connectivity index (χ1v) is 9.00. The Bertz CT molecular complexity index is 1070. The van der Waals surface area contributed by atoms with E-state index >= 15 is 0 Å². The van der Waals surface area contributed by atoms with E-state index < -0.39 is 23.1 Å². The molecule has 0 aliphatic carbocycles. The summed E-state index contributed by atoms with van der Waals surface area (Å²) in [5, 5.41) is 4.91. The van der Waals surface area contributed by atoms with E-state index in [1.165, 1.54) is 12.1 Å². The van der Waals surface area contributed by atoms with Gasteiger partial charge < -0.3 is 9.40 Å². The van der Waals surface area contributed by atoms with Crippen molar-refractivity contribution < 1.29 is 22.8 Å². The molecule has 0 bridgehead atoms. The van der Waals surface area contributed by atoms with Crippen LogP contribution in [0.5, 0.6) is 0 Å². The van der Waals surface area contributed by atoms with E-state index in [0.717, 1.165) is 23.0 Å². The molecule has 1 aromatic heterocycles. The summed E-state index contributed by atoms with van der Waals surface area (Å²) in [5.41, 5.74) is 0.747. The number of aromatic nitrogens is 1. The minimum Gasteiger partial charge on any atom is -0.350 e. The van der Waals surface area contributed by atoms with Crippen molar-refractivity contribution in [3.8, 4) is 0 Å². The Labute approximate surface area is 166 Å². The lowest BCUT2D eigenvalue weighted by molar-refractivity contribution is -0.152. The Morgan fingerprint density at radius 3 is 2.21 bits per heavy atom. The maximum Gasteiger partial charge on any atom is 0.416 e. The van der Waals surface area contributed by atoms with Crippen LogP contribution < -0.4 is 0 Å². The summed E-state index contributed by atoms with van der Waals surface area (Å²) in [4.78, 5) is 17.4. The van der Waals surface area contributed by atoms with Crippen molar-refractivity contribution in [1.82, 2.24) is 4.57 Å². The molecule has 152 valence electrons.